The molecule has 0 aliphatic carbocycles. The topological polar surface area (TPSA) is 40.2 Å². The molecule has 0 saturated carbocycles. The molecule has 0 radical (unpaired) electrons. The van der Waals surface area contributed by atoms with Crippen LogP contribution < -0.4 is 10.2 Å². The molecule has 224 valence electrons. The first-order valence-electron chi connectivity index (χ1n) is 12.4. The van der Waals surface area contributed by atoms with E-state index in [0.717, 1.165) is 33.2 Å². The van der Waals surface area contributed by atoms with E-state index in [1.165, 1.54) is 19.2 Å². The Morgan fingerprint density at radius 3 is 2.25 bits per heavy atom. The molecule has 0 bridgehead atoms. The number of hydrogen-bond acceptors (Lipinski definition) is 7. The molecule has 0 saturated heterocycles. The molecule has 0 fully saturated rings. The molecular formula is C27H36F6N4O2S. The van der Waals surface area contributed by atoms with Crippen molar-refractivity contribution in [3.8, 4) is 5.75 Å². The fourth-order valence-electron chi connectivity index (χ4n) is 4.26. The number of hydrogen-bond donors (Lipinski definition) is 1. The summed E-state index contributed by atoms with van der Waals surface area (Å²) in [5, 5.41) is 3.87. The van der Waals surface area contributed by atoms with Crippen LogP contribution in [0.5, 0.6) is 5.75 Å². The zero-order valence-electron chi connectivity index (χ0n) is 23.6. The maximum atomic E-state index is 13.0. The Hall–Kier alpha value is -2.45. The van der Waals surface area contributed by atoms with E-state index in [9.17, 15) is 26.3 Å². The summed E-state index contributed by atoms with van der Waals surface area (Å²) >= 11 is 0.544. The molecule has 2 rings (SSSR count). The van der Waals surface area contributed by atoms with Gasteiger partial charge in [0.15, 0.2) is 0 Å². The van der Waals surface area contributed by atoms with Crippen LogP contribution in [0.15, 0.2) is 71.7 Å². The van der Waals surface area contributed by atoms with Crippen molar-refractivity contribution in [2.24, 2.45) is 0 Å². The van der Waals surface area contributed by atoms with Crippen molar-refractivity contribution in [3.63, 3.8) is 0 Å². The van der Waals surface area contributed by atoms with Crippen molar-refractivity contribution in [2.75, 3.05) is 27.2 Å². The number of alkyl halides is 6. The monoisotopic (exact) mass is 594 g/mol. The van der Waals surface area contributed by atoms with Crippen molar-refractivity contribution in [1.82, 2.24) is 19.8 Å². The molecule has 1 aromatic carbocycles. The molecule has 6 nitrogen and oxygen atoms in total. The fraction of sp³-hybridized carbons (Fsp3) is 0.481. The summed E-state index contributed by atoms with van der Waals surface area (Å²) in [6.45, 7) is 12.6. The largest absolute Gasteiger partial charge is 0.440 e. The number of hydroxylamine groups is 1. The first-order valence-corrected chi connectivity index (χ1v) is 13.1. The minimum atomic E-state index is -4.44. The molecule has 1 aromatic rings. The van der Waals surface area contributed by atoms with Gasteiger partial charge in [0.1, 0.15) is 24.5 Å². The number of ether oxygens (including phenoxy) is 1. The van der Waals surface area contributed by atoms with Crippen LogP contribution in [0.3, 0.4) is 0 Å². The van der Waals surface area contributed by atoms with Gasteiger partial charge in [0, 0.05) is 26.2 Å². The molecule has 1 aliphatic heterocycles. The van der Waals surface area contributed by atoms with E-state index in [1.54, 1.807) is 12.2 Å². The van der Waals surface area contributed by atoms with Gasteiger partial charge in [-0.05, 0) is 70.0 Å². The average Bonchev–Trinajstić information content (AvgIpc) is 3.05. The van der Waals surface area contributed by atoms with Crippen molar-refractivity contribution < 1.29 is 35.4 Å². The highest BCUT2D eigenvalue weighted by Gasteiger charge is 2.37. The molecule has 1 atom stereocenters. The van der Waals surface area contributed by atoms with Crippen LogP contribution in [0.4, 0.5) is 26.3 Å². The number of rotatable bonds is 12. The highest BCUT2D eigenvalue weighted by molar-refractivity contribution is 7.92. The van der Waals surface area contributed by atoms with E-state index in [-0.39, 0.29) is 11.8 Å². The first kappa shape index (κ1) is 33.8. The van der Waals surface area contributed by atoms with Gasteiger partial charge in [0.05, 0.1) is 17.1 Å². The van der Waals surface area contributed by atoms with Gasteiger partial charge < -0.3 is 4.74 Å². The van der Waals surface area contributed by atoms with Crippen LogP contribution in [-0.2, 0) is 10.5 Å². The summed E-state index contributed by atoms with van der Waals surface area (Å²) in [7, 11) is 3.15. The lowest BCUT2D eigenvalue weighted by Crippen LogP contribution is -2.42. The number of nitrogens with one attached hydrogen (secondary N) is 1. The minimum Gasteiger partial charge on any atom is -0.440 e. The Bertz CT molecular complexity index is 1110. The summed E-state index contributed by atoms with van der Waals surface area (Å²) in [5.74, 6) is 0.792. The third kappa shape index (κ3) is 9.03. The van der Waals surface area contributed by atoms with Gasteiger partial charge in [-0.15, -0.1) is 0 Å². The lowest BCUT2D eigenvalue weighted by Gasteiger charge is -2.32. The van der Waals surface area contributed by atoms with E-state index in [4.69, 9.17) is 9.02 Å². The van der Waals surface area contributed by atoms with E-state index in [1.807, 2.05) is 57.8 Å². The Balaban J connectivity index is 2.27. The Morgan fingerprint density at radius 2 is 1.75 bits per heavy atom. The summed E-state index contributed by atoms with van der Waals surface area (Å²) in [6, 6.07) is 4.30. The summed E-state index contributed by atoms with van der Waals surface area (Å²) < 4.78 is 88.9. The second kappa shape index (κ2) is 13.5. The van der Waals surface area contributed by atoms with Crippen LogP contribution in [0.1, 0.15) is 40.2 Å². The zero-order chi connectivity index (χ0) is 30.5. The highest BCUT2D eigenvalue weighted by Crippen LogP contribution is 2.36. The number of benzene rings is 1. The lowest BCUT2D eigenvalue weighted by atomic mass is 9.90. The number of hydrazine groups is 1. The van der Waals surface area contributed by atoms with E-state index in [0.29, 0.717) is 24.7 Å². The molecule has 13 heteroatoms. The minimum absolute atomic E-state index is 0.235. The number of likely N-dealkylation sites (N-methyl/N-ethyl adjacent to an activating group) is 1. The SMILES string of the molecule is C=C/C=C(\C=C(/C)C1C(C)=C(Oc2ccc(C(F)(F)F)cc2)N(CC)N1C)C(C)(C)NOSN(C)CC(F)(F)F. The summed E-state index contributed by atoms with van der Waals surface area (Å²) in [6.07, 6.45) is -3.48. The van der Waals surface area contributed by atoms with Crippen molar-refractivity contribution in [2.45, 2.75) is 58.6 Å². The van der Waals surface area contributed by atoms with E-state index < -0.39 is 30.0 Å². The van der Waals surface area contributed by atoms with Crippen LogP contribution in [0.25, 0.3) is 0 Å². The number of allylic oxidation sites excluding steroid dienone is 2. The van der Waals surface area contributed by atoms with Gasteiger partial charge in [-0.3, -0.25) is 5.01 Å². The predicted octanol–water partition coefficient (Wildman–Crippen LogP) is 7.28. The summed E-state index contributed by atoms with van der Waals surface area (Å²) in [5.41, 5.74) is 3.74. The standard InChI is InChI=1S/C27H36F6N4O2S/c1-9-11-21(25(5,6)34-39-40-35(7)17-26(28,29)30)16-18(3)23-19(4)24(37(10-2)36(23)8)38-22-14-12-20(13-15-22)27(31,32)33/h9,11-16,23,34H,1,10,17H2,2-8H3/b18-16+,21-11+. The predicted molar refractivity (Wildman–Crippen MR) is 145 cm³/mol. The van der Waals surface area contributed by atoms with Crippen molar-refractivity contribution >= 4 is 12.2 Å². The Kier molecular flexibility index (Phi) is 11.4. The molecular weight excluding hydrogens is 558 g/mol. The van der Waals surface area contributed by atoms with Gasteiger partial charge >= 0.3 is 12.4 Å². The van der Waals surface area contributed by atoms with E-state index >= 15 is 0 Å². The Labute approximate surface area is 236 Å². The maximum absolute atomic E-state index is 13.0. The molecule has 1 N–H and O–H groups in total. The lowest BCUT2D eigenvalue weighted by molar-refractivity contribution is -0.137. The van der Waals surface area contributed by atoms with Gasteiger partial charge in [0.2, 0.25) is 5.88 Å². The maximum Gasteiger partial charge on any atom is 0.416 e. The molecule has 40 heavy (non-hydrogen) atoms. The van der Waals surface area contributed by atoms with Gasteiger partial charge in [-0.1, -0.05) is 24.8 Å². The summed E-state index contributed by atoms with van der Waals surface area (Å²) in [4.78, 5) is 0. The average molecular weight is 595 g/mol. The van der Waals surface area contributed by atoms with E-state index in [2.05, 4.69) is 12.1 Å². The van der Waals surface area contributed by atoms with Gasteiger partial charge in [-0.25, -0.2) is 13.6 Å². The van der Waals surface area contributed by atoms with Crippen LogP contribution >= 0.6 is 12.2 Å². The van der Waals surface area contributed by atoms with Crippen molar-refractivity contribution in [1.29, 1.82) is 0 Å². The molecule has 0 spiro atoms. The van der Waals surface area contributed by atoms with Crippen LogP contribution in [0, 0.1) is 0 Å². The smallest absolute Gasteiger partial charge is 0.416 e. The Morgan fingerprint density at radius 1 is 1.15 bits per heavy atom. The molecule has 1 unspecified atom stereocenters. The highest BCUT2D eigenvalue weighted by atomic mass is 32.2. The van der Waals surface area contributed by atoms with Crippen LogP contribution in [-0.4, -0.2) is 59.3 Å². The van der Waals surface area contributed by atoms with Gasteiger partial charge in [0.25, 0.3) is 0 Å². The van der Waals surface area contributed by atoms with Crippen LogP contribution in [0.2, 0.25) is 0 Å². The zero-order valence-corrected chi connectivity index (χ0v) is 24.4. The number of nitrogens with zero attached hydrogens (tertiary/aromatic N) is 3. The quantitative estimate of drug-likeness (QED) is 0.0897. The molecule has 0 amide bonds. The second-order valence-corrected chi connectivity index (χ2v) is 10.8. The fourth-order valence-corrected chi connectivity index (χ4v) is 4.83. The van der Waals surface area contributed by atoms with Crippen molar-refractivity contribution in [3.05, 3.63) is 77.2 Å². The second-order valence-electron chi connectivity index (χ2n) is 9.84. The first-order chi connectivity index (χ1) is 18.4. The normalized spacial score (nSPS) is 18.2. The number of halogens is 6. The molecule has 1 heterocycles. The third-order valence-corrected chi connectivity index (χ3v) is 6.67. The van der Waals surface area contributed by atoms with Gasteiger partial charge in [-0.2, -0.15) is 31.8 Å². The molecule has 1 aliphatic rings. The molecule has 0 aromatic heterocycles. The third-order valence-electron chi connectivity index (χ3n) is 6.13.